The molecule has 0 bridgehead atoms. The summed E-state index contributed by atoms with van der Waals surface area (Å²) < 4.78 is 118. The third kappa shape index (κ3) is 9.61. The van der Waals surface area contributed by atoms with Crippen molar-refractivity contribution in [1.29, 1.82) is 0 Å². The molecular formula is C2F6MnO6S2. The summed E-state index contributed by atoms with van der Waals surface area (Å²) >= 11 is 0. The quantitative estimate of drug-likeness (QED) is 0.264. The Morgan fingerprint density at radius 1 is 0.647 bits per heavy atom. The molecule has 105 valence electrons. The molecule has 0 heterocycles. The number of rotatable bonds is 0. The van der Waals surface area contributed by atoms with Crippen LogP contribution in [0.25, 0.3) is 0 Å². The molecule has 6 nitrogen and oxygen atoms in total. The van der Waals surface area contributed by atoms with E-state index < -0.39 is 31.3 Å². The minimum absolute atomic E-state index is 0. The molecule has 0 unspecified atom stereocenters. The topological polar surface area (TPSA) is 114 Å². The molecule has 0 rings (SSSR count). The Morgan fingerprint density at radius 3 is 0.706 bits per heavy atom. The van der Waals surface area contributed by atoms with Crippen LogP contribution in [0.4, 0.5) is 26.3 Å². The molecule has 0 N–H and O–H groups in total. The second-order valence-electron chi connectivity index (χ2n) is 1.80. The summed E-state index contributed by atoms with van der Waals surface area (Å²) in [6.45, 7) is 0. The summed E-state index contributed by atoms with van der Waals surface area (Å²) in [4.78, 5) is 0. The standard InChI is InChI=1S/2CHF3O3S.Mn/c2*2-1(3,4)8(5,6)7;/h2*(H,5,6,7);/q;;+2/p-2. The van der Waals surface area contributed by atoms with Gasteiger partial charge in [-0.25, -0.2) is 16.8 Å². The van der Waals surface area contributed by atoms with Crippen molar-refractivity contribution in [1.82, 2.24) is 0 Å². The van der Waals surface area contributed by atoms with Gasteiger partial charge in [0, 0.05) is 0 Å². The van der Waals surface area contributed by atoms with E-state index in [0.717, 1.165) is 0 Å². The summed E-state index contributed by atoms with van der Waals surface area (Å²) in [5, 5.41) is 0. The number of hydrogen-bond donors (Lipinski definition) is 0. The van der Waals surface area contributed by atoms with Crippen molar-refractivity contribution >= 4 is 20.2 Å². The smallest absolute Gasteiger partial charge is 0.741 e. The van der Waals surface area contributed by atoms with Crippen molar-refractivity contribution in [3.8, 4) is 0 Å². The van der Waals surface area contributed by atoms with E-state index in [2.05, 4.69) is 0 Å². The molecule has 0 amide bonds. The van der Waals surface area contributed by atoms with Crippen LogP contribution in [0.2, 0.25) is 0 Å². The monoisotopic (exact) mass is 353 g/mol. The van der Waals surface area contributed by atoms with Gasteiger partial charge in [0.25, 0.3) is 0 Å². The summed E-state index contributed by atoms with van der Waals surface area (Å²) in [7, 11) is -12.2. The van der Waals surface area contributed by atoms with E-state index in [1.54, 1.807) is 0 Å². The largest absolute Gasteiger partial charge is 2.00 e. The van der Waals surface area contributed by atoms with Crippen LogP contribution >= 0.6 is 0 Å². The van der Waals surface area contributed by atoms with Crippen LogP contribution in [-0.2, 0) is 37.3 Å². The molecule has 0 aliphatic rings. The van der Waals surface area contributed by atoms with E-state index in [4.69, 9.17) is 25.9 Å². The van der Waals surface area contributed by atoms with Crippen molar-refractivity contribution in [2.24, 2.45) is 0 Å². The van der Waals surface area contributed by atoms with Gasteiger partial charge < -0.3 is 9.11 Å². The predicted octanol–water partition coefficient (Wildman–Crippen LogP) is 0.100. The number of hydrogen-bond acceptors (Lipinski definition) is 6. The third-order valence-corrected chi connectivity index (χ3v) is 1.70. The molecular weight excluding hydrogens is 353 g/mol. The SMILES string of the molecule is O=S(=O)([O-])C(F)(F)F.O=S(=O)([O-])C(F)(F)F.[Mn+2]. The molecule has 0 aromatic rings. The summed E-state index contributed by atoms with van der Waals surface area (Å²) in [6.07, 6.45) is 0. The molecule has 0 spiro atoms. The molecule has 0 aliphatic carbocycles. The fourth-order valence-electron chi connectivity index (χ4n) is 0. The van der Waals surface area contributed by atoms with Crippen molar-refractivity contribution < 1.29 is 69.4 Å². The van der Waals surface area contributed by atoms with Gasteiger partial charge in [0.05, 0.1) is 0 Å². The maximum atomic E-state index is 10.7. The predicted molar refractivity (Wildman–Crippen MR) is 31.5 cm³/mol. The van der Waals surface area contributed by atoms with Crippen LogP contribution in [0.1, 0.15) is 0 Å². The molecule has 0 saturated heterocycles. The molecule has 0 aliphatic heterocycles. The fourth-order valence-corrected chi connectivity index (χ4v) is 0. The normalized spacial score (nSPS) is 13.2. The van der Waals surface area contributed by atoms with E-state index in [1.807, 2.05) is 0 Å². The van der Waals surface area contributed by atoms with E-state index >= 15 is 0 Å². The minimum atomic E-state index is -6.09. The zero-order chi connectivity index (χ0) is 14.0. The van der Waals surface area contributed by atoms with Crippen LogP contribution in [0.15, 0.2) is 0 Å². The number of alkyl halides is 6. The van der Waals surface area contributed by atoms with Crippen LogP contribution < -0.4 is 0 Å². The summed E-state index contributed by atoms with van der Waals surface area (Å²) in [5.74, 6) is 0. The van der Waals surface area contributed by atoms with Crippen molar-refractivity contribution in [3.05, 3.63) is 0 Å². The Bertz CT molecular complexity index is 374. The van der Waals surface area contributed by atoms with Crippen molar-refractivity contribution in [2.75, 3.05) is 0 Å². The first-order valence-electron chi connectivity index (χ1n) is 2.54. The Kier molecular flexibility index (Phi) is 8.06. The Balaban J connectivity index is -0.000000218. The second kappa shape index (κ2) is 6.19. The van der Waals surface area contributed by atoms with E-state index in [0.29, 0.717) is 0 Å². The van der Waals surface area contributed by atoms with Crippen LogP contribution in [0.3, 0.4) is 0 Å². The van der Waals surface area contributed by atoms with Gasteiger partial charge in [0.15, 0.2) is 20.2 Å². The van der Waals surface area contributed by atoms with Crippen molar-refractivity contribution in [2.45, 2.75) is 11.0 Å². The van der Waals surface area contributed by atoms with Crippen LogP contribution in [0, 0.1) is 0 Å². The van der Waals surface area contributed by atoms with Gasteiger partial charge in [-0.15, -0.1) is 0 Å². The molecule has 0 saturated carbocycles. The van der Waals surface area contributed by atoms with Gasteiger partial charge in [-0.2, -0.15) is 26.3 Å². The first kappa shape index (κ1) is 22.1. The second-order valence-corrected chi connectivity index (χ2v) is 4.54. The first-order valence-corrected chi connectivity index (χ1v) is 5.36. The van der Waals surface area contributed by atoms with Gasteiger partial charge >= 0.3 is 28.1 Å². The molecule has 0 aromatic heterocycles. The van der Waals surface area contributed by atoms with Gasteiger partial charge in [0.2, 0.25) is 0 Å². The average Bonchev–Trinajstić information content (AvgIpc) is 1.77. The molecule has 0 aromatic carbocycles. The average molecular weight is 353 g/mol. The maximum absolute atomic E-state index is 10.7. The van der Waals surface area contributed by atoms with Gasteiger partial charge in [-0.3, -0.25) is 0 Å². The Hall–Kier alpha value is -0.0805. The Labute approximate surface area is 101 Å². The molecule has 15 heteroatoms. The zero-order valence-corrected chi connectivity index (χ0v) is 9.73. The van der Waals surface area contributed by atoms with Gasteiger partial charge in [-0.1, -0.05) is 0 Å². The molecule has 0 fully saturated rings. The van der Waals surface area contributed by atoms with E-state index in [9.17, 15) is 26.3 Å². The molecule has 1 radical (unpaired) electrons. The number of halogens is 6. The van der Waals surface area contributed by atoms with Crippen LogP contribution in [-0.4, -0.2) is 37.0 Å². The summed E-state index contributed by atoms with van der Waals surface area (Å²) in [6, 6.07) is 0. The Morgan fingerprint density at radius 2 is 0.706 bits per heavy atom. The van der Waals surface area contributed by atoms with Crippen molar-refractivity contribution in [3.63, 3.8) is 0 Å². The van der Waals surface area contributed by atoms with Gasteiger partial charge in [-0.05, 0) is 0 Å². The third-order valence-electron chi connectivity index (χ3n) is 0.567. The van der Waals surface area contributed by atoms with E-state index in [1.165, 1.54) is 0 Å². The zero-order valence-electron chi connectivity index (χ0n) is 6.91. The van der Waals surface area contributed by atoms with Gasteiger partial charge in [0.1, 0.15) is 0 Å². The maximum Gasteiger partial charge on any atom is 2.00 e. The fraction of sp³-hybridized carbons (Fsp3) is 1.00. The van der Waals surface area contributed by atoms with E-state index in [-0.39, 0.29) is 17.1 Å². The molecule has 0 atom stereocenters. The molecule has 17 heavy (non-hydrogen) atoms. The minimum Gasteiger partial charge on any atom is -0.741 e. The summed E-state index contributed by atoms with van der Waals surface area (Å²) in [5.41, 5.74) is -11.3. The van der Waals surface area contributed by atoms with Crippen LogP contribution in [0.5, 0.6) is 0 Å². The first-order chi connectivity index (χ1) is 6.50.